The predicted octanol–water partition coefficient (Wildman–Crippen LogP) is 1.98. The Balaban J connectivity index is 1.51. The first kappa shape index (κ1) is 19.6. The van der Waals surface area contributed by atoms with Crippen molar-refractivity contribution in [2.45, 2.75) is 25.0 Å². The molecule has 2 aromatic rings. The summed E-state index contributed by atoms with van der Waals surface area (Å²) in [5.74, 6) is 0.350. The average molecular weight is 409 g/mol. The molecule has 1 aliphatic rings. The zero-order chi connectivity index (χ0) is 19.4. The van der Waals surface area contributed by atoms with Gasteiger partial charge >= 0.3 is 0 Å². The number of hydrogen-bond donors (Lipinski definition) is 1. The summed E-state index contributed by atoms with van der Waals surface area (Å²) in [6.45, 7) is 1.44. The number of rotatable bonds is 7. The van der Waals surface area contributed by atoms with Gasteiger partial charge < -0.3 is 9.73 Å². The normalized spacial score (nSPS) is 18.3. The molecule has 1 saturated heterocycles. The molecule has 2 heterocycles. The number of nitrogens with one attached hydrogen (secondary N) is 1. The van der Waals surface area contributed by atoms with E-state index in [4.69, 9.17) is 4.42 Å². The molecule has 1 atom stereocenters. The van der Waals surface area contributed by atoms with Gasteiger partial charge in [-0.1, -0.05) is 23.9 Å². The standard InChI is InChI=1S/C17H19N3O5S2/c1-11(21)13-4-2-3-5-14(13)18-15(22)9-26-17-20-19-16(25-17)8-12-6-7-27(23,24)10-12/h2-5,12H,6-10H2,1H3,(H,18,22)/t12-/m0/s1. The quantitative estimate of drug-likeness (QED) is 0.544. The maximum absolute atomic E-state index is 12.1. The third-order valence-corrected chi connectivity index (χ3v) is 6.80. The fourth-order valence-corrected chi connectivity index (χ4v) is 5.31. The molecule has 1 fully saturated rings. The Morgan fingerprint density at radius 2 is 2.07 bits per heavy atom. The van der Waals surface area contributed by atoms with E-state index in [1.165, 1.54) is 6.92 Å². The molecule has 10 heteroatoms. The molecule has 0 spiro atoms. The number of ketones is 1. The number of amides is 1. The van der Waals surface area contributed by atoms with Gasteiger partial charge in [-0.15, -0.1) is 10.2 Å². The number of carbonyl (C=O) groups excluding carboxylic acids is 2. The van der Waals surface area contributed by atoms with E-state index in [0.717, 1.165) is 11.8 Å². The van der Waals surface area contributed by atoms with Gasteiger partial charge in [-0.3, -0.25) is 9.59 Å². The first-order valence-electron chi connectivity index (χ1n) is 8.38. The fourth-order valence-electron chi connectivity index (χ4n) is 2.87. The number of sulfone groups is 1. The van der Waals surface area contributed by atoms with Crippen molar-refractivity contribution in [3.63, 3.8) is 0 Å². The molecule has 27 heavy (non-hydrogen) atoms. The van der Waals surface area contributed by atoms with Gasteiger partial charge in [0.1, 0.15) is 0 Å². The molecule has 144 valence electrons. The van der Waals surface area contributed by atoms with E-state index < -0.39 is 9.84 Å². The van der Waals surface area contributed by atoms with Crippen LogP contribution in [0.3, 0.4) is 0 Å². The van der Waals surface area contributed by atoms with Crippen LogP contribution in [0.1, 0.15) is 29.6 Å². The van der Waals surface area contributed by atoms with Crippen molar-refractivity contribution in [3.05, 3.63) is 35.7 Å². The minimum atomic E-state index is -2.94. The zero-order valence-electron chi connectivity index (χ0n) is 14.7. The molecule has 0 aliphatic carbocycles. The number of aromatic nitrogens is 2. The molecular formula is C17H19N3O5S2. The Morgan fingerprint density at radius 1 is 1.30 bits per heavy atom. The first-order chi connectivity index (χ1) is 12.8. The maximum atomic E-state index is 12.1. The first-order valence-corrected chi connectivity index (χ1v) is 11.2. The summed E-state index contributed by atoms with van der Waals surface area (Å²) < 4.78 is 28.5. The number of benzene rings is 1. The lowest BCUT2D eigenvalue weighted by Crippen LogP contribution is -2.16. The molecule has 1 N–H and O–H groups in total. The Kier molecular flexibility index (Phi) is 5.95. The van der Waals surface area contributed by atoms with E-state index in [1.807, 2.05) is 0 Å². The SMILES string of the molecule is CC(=O)c1ccccc1NC(=O)CSc1nnc(C[C@@H]2CCS(=O)(=O)C2)o1. The van der Waals surface area contributed by atoms with Crippen molar-refractivity contribution in [1.82, 2.24) is 10.2 Å². The third-order valence-electron chi connectivity index (χ3n) is 4.15. The molecule has 0 radical (unpaired) electrons. The van der Waals surface area contributed by atoms with Gasteiger partial charge in [0.2, 0.25) is 11.8 Å². The second-order valence-electron chi connectivity index (χ2n) is 6.37. The molecule has 8 nitrogen and oxygen atoms in total. The van der Waals surface area contributed by atoms with Gasteiger partial charge in [0, 0.05) is 12.0 Å². The highest BCUT2D eigenvalue weighted by Gasteiger charge is 2.29. The summed E-state index contributed by atoms with van der Waals surface area (Å²) >= 11 is 1.09. The van der Waals surface area contributed by atoms with Crippen LogP contribution in [0.2, 0.25) is 0 Å². The Labute approximate surface area is 161 Å². The lowest BCUT2D eigenvalue weighted by molar-refractivity contribution is -0.113. The van der Waals surface area contributed by atoms with Crippen LogP contribution < -0.4 is 5.32 Å². The van der Waals surface area contributed by atoms with Crippen LogP contribution in [-0.2, 0) is 21.1 Å². The predicted molar refractivity (Wildman–Crippen MR) is 101 cm³/mol. The molecule has 0 saturated carbocycles. The summed E-state index contributed by atoms with van der Waals surface area (Å²) in [6.07, 6.45) is 1.02. The minimum Gasteiger partial charge on any atom is -0.416 e. The van der Waals surface area contributed by atoms with Crippen LogP contribution in [0.5, 0.6) is 0 Å². The van der Waals surface area contributed by atoms with E-state index >= 15 is 0 Å². The van der Waals surface area contributed by atoms with Crippen molar-refractivity contribution in [2.75, 3.05) is 22.6 Å². The second kappa shape index (κ2) is 8.22. The Hall–Kier alpha value is -2.20. The second-order valence-corrected chi connectivity index (χ2v) is 9.53. The van der Waals surface area contributed by atoms with E-state index in [-0.39, 0.29) is 40.1 Å². The number of thioether (sulfide) groups is 1. The van der Waals surface area contributed by atoms with Gasteiger partial charge in [-0.2, -0.15) is 0 Å². The Morgan fingerprint density at radius 3 is 2.78 bits per heavy atom. The number of hydrogen-bond acceptors (Lipinski definition) is 8. The maximum Gasteiger partial charge on any atom is 0.277 e. The van der Waals surface area contributed by atoms with Gasteiger partial charge in [0.05, 0.1) is 22.9 Å². The molecule has 1 aromatic heterocycles. The highest BCUT2D eigenvalue weighted by atomic mass is 32.2. The smallest absolute Gasteiger partial charge is 0.277 e. The monoisotopic (exact) mass is 409 g/mol. The van der Waals surface area contributed by atoms with Crippen LogP contribution in [0.25, 0.3) is 0 Å². The highest BCUT2D eigenvalue weighted by molar-refractivity contribution is 7.99. The number of Topliss-reactive ketones (excluding diaryl/α,β-unsaturated/α-hetero) is 1. The van der Waals surface area contributed by atoms with Crippen LogP contribution in [0.15, 0.2) is 33.9 Å². The summed E-state index contributed by atoms with van der Waals surface area (Å²) in [6, 6.07) is 6.79. The highest BCUT2D eigenvalue weighted by Crippen LogP contribution is 2.24. The molecule has 1 aromatic carbocycles. The molecule has 1 aliphatic heterocycles. The third kappa shape index (κ3) is 5.39. The van der Waals surface area contributed by atoms with Crippen molar-refractivity contribution < 1.29 is 22.4 Å². The molecule has 0 bridgehead atoms. The van der Waals surface area contributed by atoms with Crippen molar-refractivity contribution in [1.29, 1.82) is 0 Å². The van der Waals surface area contributed by atoms with E-state index in [9.17, 15) is 18.0 Å². The van der Waals surface area contributed by atoms with Crippen molar-refractivity contribution in [3.8, 4) is 0 Å². The van der Waals surface area contributed by atoms with Gasteiger partial charge in [0.15, 0.2) is 15.6 Å². The fraction of sp³-hybridized carbons (Fsp3) is 0.412. The van der Waals surface area contributed by atoms with E-state index in [1.54, 1.807) is 24.3 Å². The van der Waals surface area contributed by atoms with E-state index in [0.29, 0.717) is 30.0 Å². The van der Waals surface area contributed by atoms with Crippen LogP contribution in [0.4, 0.5) is 5.69 Å². The lowest BCUT2D eigenvalue weighted by Gasteiger charge is -2.08. The molecular weight excluding hydrogens is 390 g/mol. The summed E-state index contributed by atoms with van der Waals surface area (Å²) in [4.78, 5) is 23.7. The lowest BCUT2D eigenvalue weighted by atomic mass is 10.1. The largest absolute Gasteiger partial charge is 0.416 e. The molecule has 1 amide bonds. The Bertz CT molecular complexity index is 955. The minimum absolute atomic E-state index is 0.000295. The average Bonchev–Trinajstić information content (AvgIpc) is 3.19. The molecule has 0 unspecified atom stereocenters. The van der Waals surface area contributed by atoms with Crippen LogP contribution in [0, 0.1) is 5.92 Å². The van der Waals surface area contributed by atoms with Crippen LogP contribution in [-0.4, -0.2) is 47.6 Å². The number of anilines is 1. The van der Waals surface area contributed by atoms with Crippen molar-refractivity contribution >= 4 is 39.0 Å². The van der Waals surface area contributed by atoms with E-state index in [2.05, 4.69) is 15.5 Å². The summed E-state index contributed by atoms with van der Waals surface area (Å²) in [7, 11) is -2.94. The number of nitrogens with zero attached hydrogens (tertiary/aromatic N) is 2. The zero-order valence-corrected chi connectivity index (χ0v) is 16.3. The van der Waals surface area contributed by atoms with Crippen LogP contribution >= 0.6 is 11.8 Å². The molecule has 3 rings (SSSR count). The van der Waals surface area contributed by atoms with Gasteiger partial charge in [0.25, 0.3) is 5.22 Å². The van der Waals surface area contributed by atoms with Gasteiger partial charge in [-0.25, -0.2) is 8.42 Å². The number of para-hydroxylation sites is 1. The summed E-state index contributed by atoms with van der Waals surface area (Å²) in [5, 5.41) is 10.8. The van der Waals surface area contributed by atoms with Gasteiger partial charge in [-0.05, 0) is 31.4 Å². The summed E-state index contributed by atoms with van der Waals surface area (Å²) in [5.41, 5.74) is 0.909. The number of carbonyl (C=O) groups is 2. The topological polar surface area (TPSA) is 119 Å². The van der Waals surface area contributed by atoms with Crippen molar-refractivity contribution in [2.24, 2.45) is 5.92 Å².